The molecule has 2 rings (SSSR count). The van der Waals surface area contributed by atoms with E-state index in [2.05, 4.69) is 17.4 Å². The van der Waals surface area contributed by atoms with E-state index in [0.29, 0.717) is 0 Å². The fourth-order valence-electron chi connectivity index (χ4n) is 2.63. The summed E-state index contributed by atoms with van der Waals surface area (Å²) in [6.07, 6.45) is -1.25. The maximum Gasteiger partial charge on any atom is 0.416 e. The van der Waals surface area contributed by atoms with Gasteiger partial charge in [-0.15, -0.1) is 0 Å². The number of hydrogen-bond acceptors (Lipinski definition) is 2. The zero-order valence-electron chi connectivity index (χ0n) is 11.7. The van der Waals surface area contributed by atoms with Gasteiger partial charge in [0.2, 0.25) is 0 Å². The lowest BCUT2D eigenvalue weighted by atomic mass is 9.90. The lowest BCUT2D eigenvalue weighted by Gasteiger charge is -2.33. The third kappa shape index (κ3) is 3.96. The van der Waals surface area contributed by atoms with Gasteiger partial charge in [0.15, 0.2) is 0 Å². The first kappa shape index (κ1) is 15.3. The van der Waals surface area contributed by atoms with Crippen molar-refractivity contribution in [2.45, 2.75) is 38.3 Å². The Morgan fingerprint density at radius 3 is 2.85 bits per heavy atom. The molecule has 1 saturated heterocycles. The first-order valence-electron chi connectivity index (χ1n) is 7.16. The lowest BCUT2D eigenvalue weighted by molar-refractivity contribution is -0.137. The Bertz CT molecular complexity index is 431. The molecule has 1 aromatic carbocycles. The highest BCUT2D eigenvalue weighted by Gasteiger charge is 2.31. The van der Waals surface area contributed by atoms with Crippen LogP contribution >= 0.6 is 0 Å². The van der Waals surface area contributed by atoms with Gasteiger partial charge in [-0.3, -0.25) is 5.43 Å². The van der Waals surface area contributed by atoms with Crippen LogP contribution in [-0.4, -0.2) is 24.6 Å². The first-order valence-corrected chi connectivity index (χ1v) is 7.16. The molecule has 1 heterocycles. The summed E-state index contributed by atoms with van der Waals surface area (Å²) in [5, 5.41) is 2.14. The average Bonchev–Trinajstić information content (AvgIpc) is 2.45. The van der Waals surface area contributed by atoms with Crippen molar-refractivity contribution in [2.75, 3.05) is 19.6 Å². The topological polar surface area (TPSA) is 15.3 Å². The number of hydrogen-bond donors (Lipinski definition) is 1. The van der Waals surface area contributed by atoms with Crippen molar-refractivity contribution >= 4 is 0 Å². The van der Waals surface area contributed by atoms with E-state index in [0.717, 1.165) is 50.5 Å². The molecule has 1 aliphatic rings. The fraction of sp³-hybridized carbons (Fsp3) is 0.600. The number of rotatable bonds is 4. The van der Waals surface area contributed by atoms with Gasteiger partial charge in [0.1, 0.15) is 0 Å². The van der Waals surface area contributed by atoms with E-state index in [1.54, 1.807) is 0 Å². The maximum absolute atomic E-state index is 12.8. The number of benzene rings is 1. The summed E-state index contributed by atoms with van der Waals surface area (Å²) in [7, 11) is 0. The molecular weight excluding hydrogens is 265 g/mol. The normalized spacial score (nSPS) is 21.1. The predicted octanol–water partition coefficient (Wildman–Crippen LogP) is 3.80. The van der Waals surface area contributed by atoms with Gasteiger partial charge in [-0.1, -0.05) is 25.1 Å². The number of alkyl halides is 3. The number of halogens is 3. The number of hydrazine groups is 1. The van der Waals surface area contributed by atoms with E-state index in [1.165, 1.54) is 12.1 Å². The van der Waals surface area contributed by atoms with Crippen LogP contribution in [0.15, 0.2) is 24.3 Å². The van der Waals surface area contributed by atoms with Crippen LogP contribution in [0.25, 0.3) is 0 Å². The number of nitrogens with zero attached hydrogens (tertiary/aromatic N) is 1. The zero-order valence-corrected chi connectivity index (χ0v) is 11.7. The molecule has 0 aromatic heterocycles. The van der Waals surface area contributed by atoms with Gasteiger partial charge >= 0.3 is 6.18 Å². The van der Waals surface area contributed by atoms with Crippen LogP contribution in [0.5, 0.6) is 0 Å². The third-order valence-electron chi connectivity index (χ3n) is 3.69. The third-order valence-corrected chi connectivity index (χ3v) is 3.69. The Labute approximate surface area is 117 Å². The monoisotopic (exact) mass is 286 g/mol. The molecule has 2 nitrogen and oxygen atoms in total. The Morgan fingerprint density at radius 1 is 1.35 bits per heavy atom. The number of nitrogens with one attached hydrogen (secondary N) is 1. The van der Waals surface area contributed by atoms with Crippen molar-refractivity contribution in [1.29, 1.82) is 0 Å². The standard InChI is InChI=1S/C15H21F3N2/c1-2-8-19-20-9-4-6-13(11-20)12-5-3-7-14(10-12)15(16,17)18/h3,5,7,10,13,19H,2,4,6,8-9,11H2,1H3. The molecule has 0 saturated carbocycles. The zero-order chi connectivity index (χ0) is 14.6. The van der Waals surface area contributed by atoms with Crippen molar-refractivity contribution in [2.24, 2.45) is 0 Å². The Balaban J connectivity index is 2.07. The van der Waals surface area contributed by atoms with Crippen molar-refractivity contribution in [3.63, 3.8) is 0 Å². The molecule has 1 unspecified atom stereocenters. The minimum atomic E-state index is -4.26. The van der Waals surface area contributed by atoms with Crippen LogP contribution in [0.3, 0.4) is 0 Å². The molecule has 0 aliphatic carbocycles. The molecule has 112 valence electrons. The molecular formula is C15H21F3N2. The SMILES string of the molecule is CCCNN1CCCC(c2cccc(C(F)(F)F)c2)C1. The first-order chi connectivity index (χ1) is 9.50. The van der Waals surface area contributed by atoms with Crippen molar-refractivity contribution < 1.29 is 13.2 Å². The van der Waals surface area contributed by atoms with Gasteiger partial charge in [-0.05, 0) is 36.8 Å². The molecule has 5 heteroatoms. The van der Waals surface area contributed by atoms with Crippen molar-refractivity contribution in [3.8, 4) is 0 Å². The van der Waals surface area contributed by atoms with Crippen LogP contribution in [0, 0.1) is 0 Å². The average molecular weight is 286 g/mol. The minimum absolute atomic E-state index is 0.176. The van der Waals surface area contributed by atoms with Crippen LogP contribution in [0.1, 0.15) is 43.2 Å². The summed E-state index contributed by atoms with van der Waals surface area (Å²) in [4.78, 5) is 0. The summed E-state index contributed by atoms with van der Waals surface area (Å²) in [6.45, 7) is 4.76. The second kappa shape index (κ2) is 6.59. The minimum Gasteiger partial charge on any atom is -0.255 e. The van der Waals surface area contributed by atoms with E-state index >= 15 is 0 Å². The molecule has 1 atom stereocenters. The highest BCUT2D eigenvalue weighted by atomic mass is 19.4. The Morgan fingerprint density at radius 2 is 2.15 bits per heavy atom. The van der Waals surface area contributed by atoms with Gasteiger partial charge in [0.25, 0.3) is 0 Å². The van der Waals surface area contributed by atoms with E-state index in [4.69, 9.17) is 0 Å². The number of piperidine rings is 1. The van der Waals surface area contributed by atoms with Gasteiger partial charge in [-0.2, -0.15) is 13.2 Å². The van der Waals surface area contributed by atoms with Gasteiger partial charge in [0, 0.05) is 19.6 Å². The smallest absolute Gasteiger partial charge is 0.255 e. The predicted molar refractivity (Wildman–Crippen MR) is 73.3 cm³/mol. The molecule has 0 amide bonds. The summed E-state index contributed by atoms with van der Waals surface area (Å²) in [6, 6.07) is 5.76. The van der Waals surface area contributed by atoms with E-state index in [9.17, 15) is 13.2 Å². The van der Waals surface area contributed by atoms with Gasteiger partial charge in [-0.25, -0.2) is 5.01 Å². The van der Waals surface area contributed by atoms with Gasteiger partial charge < -0.3 is 0 Å². The molecule has 20 heavy (non-hydrogen) atoms. The summed E-state index contributed by atoms with van der Waals surface area (Å²) in [5.41, 5.74) is 3.57. The van der Waals surface area contributed by atoms with Gasteiger partial charge in [0.05, 0.1) is 5.56 Å². The van der Waals surface area contributed by atoms with Crippen molar-refractivity contribution in [1.82, 2.24) is 10.4 Å². The van der Waals surface area contributed by atoms with Crippen LogP contribution < -0.4 is 5.43 Å². The largest absolute Gasteiger partial charge is 0.416 e. The van der Waals surface area contributed by atoms with Crippen LogP contribution in [0.2, 0.25) is 0 Å². The summed E-state index contributed by atoms with van der Waals surface area (Å²) < 4.78 is 38.3. The quantitative estimate of drug-likeness (QED) is 0.905. The Hall–Kier alpha value is -1.07. The highest BCUT2D eigenvalue weighted by molar-refractivity contribution is 5.28. The summed E-state index contributed by atoms with van der Waals surface area (Å²) in [5.74, 6) is 0.176. The lowest BCUT2D eigenvalue weighted by Crippen LogP contribution is -2.44. The Kier molecular flexibility index (Phi) is 5.05. The molecule has 0 spiro atoms. The molecule has 1 aliphatic heterocycles. The molecule has 0 bridgehead atoms. The molecule has 0 radical (unpaired) electrons. The second-order valence-corrected chi connectivity index (χ2v) is 5.32. The van der Waals surface area contributed by atoms with Crippen molar-refractivity contribution in [3.05, 3.63) is 35.4 Å². The van der Waals surface area contributed by atoms with Crippen LogP contribution in [0.4, 0.5) is 13.2 Å². The highest BCUT2D eigenvalue weighted by Crippen LogP contribution is 2.33. The summed E-state index contributed by atoms with van der Waals surface area (Å²) >= 11 is 0. The van der Waals surface area contributed by atoms with E-state index < -0.39 is 11.7 Å². The van der Waals surface area contributed by atoms with E-state index in [-0.39, 0.29) is 5.92 Å². The maximum atomic E-state index is 12.8. The van der Waals surface area contributed by atoms with Crippen LogP contribution in [-0.2, 0) is 6.18 Å². The second-order valence-electron chi connectivity index (χ2n) is 5.32. The molecule has 1 fully saturated rings. The van der Waals surface area contributed by atoms with E-state index in [1.807, 2.05) is 6.07 Å². The fourth-order valence-corrected chi connectivity index (χ4v) is 2.63. The molecule has 1 aromatic rings. The molecule has 1 N–H and O–H groups in total.